The minimum atomic E-state index is -0.586. The first-order valence-electron chi connectivity index (χ1n) is 15.5. The highest BCUT2D eigenvalue weighted by Crippen LogP contribution is 2.24. The van der Waals surface area contributed by atoms with E-state index in [2.05, 4.69) is 60.2 Å². The van der Waals surface area contributed by atoms with Crippen molar-refractivity contribution < 1.29 is 19.0 Å². The second-order valence-electron chi connectivity index (χ2n) is 10.8. The highest BCUT2D eigenvalue weighted by atomic mass is 16.6. The molecule has 1 heterocycles. The third-order valence-electron chi connectivity index (χ3n) is 7.13. The highest BCUT2D eigenvalue weighted by Gasteiger charge is 2.18. The molecule has 0 N–H and O–H groups in total. The molecule has 2 aromatic carbocycles. The van der Waals surface area contributed by atoms with Crippen LogP contribution in [0.5, 0.6) is 5.75 Å². The standard InChI is InChI=1S/C35H48N2O4/c1-5-7-9-10-11-13-23-39-28(4)35(38)41-27(3)26-40-33-24-36-34(37-25-33)32-21-19-31(20-22-32)30-17-15-29(16-18-30)14-12-8-6-2/h15-22,24-25,27-28H,5-14,23,26H2,1-4H3/t27-,28?/m0/s1. The number of esters is 1. The van der Waals surface area contributed by atoms with Crippen molar-refractivity contribution in [2.45, 2.75) is 104 Å². The molecule has 0 amide bonds. The molecule has 222 valence electrons. The van der Waals surface area contributed by atoms with Crippen molar-refractivity contribution in [3.8, 4) is 28.3 Å². The molecule has 0 aliphatic carbocycles. The Morgan fingerprint density at radius 2 is 1.29 bits per heavy atom. The van der Waals surface area contributed by atoms with Gasteiger partial charge < -0.3 is 14.2 Å². The van der Waals surface area contributed by atoms with Gasteiger partial charge in [0, 0.05) is 12.2 Å². The summed E-state index contributed by atoms with van der Waals surface area (Å²) in [5.41, 5.74) is 4.70. The van der Waals surface area contributed by atoms with E-state index in [0.717, 1.165) is 24.8 Å². The first kappa shape index (κ1) is 32.3. The van der Waals surface area contributed by atoms with Crippen LogP contribution in [0.1, 0.15) is 91.0 Å². The van der Waals surface area contributed by atoms with E-state index in [1.54, 1.807) is 26.2 Å². The fourth-order valence-electron chi connectivity index (χ4n) is 4.55. The molecule has 2 atom stereocenters. The smallest absolute Gasteiger partial charge is 0.335 e. The number of unbranched alkanes of at least 4 members (excludes halogenated alkanes) is 7. The van der Waals surface area contributed by atoms with Crippen LogP contribution in [0.15, 0.2) is 60.9 Å². The summed E-state index contributed by atoms with van der Waals surface area (Å²) in [4.78, 5) is 21.3. The van der Waals surface area contributed by atoms with Crippen molar-refractivity contribution >= 4 is 5.97 Å². The molecule has 0 radical (unpaired) electrons. The molecule has 41 heavy (non-hydrogen) atoms. The number of rotatable bonds is 19. The van der Waals surface area contributed by atoms with E-state index in [1.807, 2.05) is 12.1 Å². The number of aryl methyl sites for hydroxylation is 1. The number of aromatic nitrogens is 2. The second kappa shape index (κ2) is 18.2. The van der Waals surface area contributed by atoms with E-state index in [-0.39, 0.29) is 12.6 Å². The molecule has 0 aliphatic rings. The topological polar surface area (TPSA) is 70.5 Å². The number of hydrogen-bond acceptors (Lipinski definition) is 6. The van der Waals surface area contributed by atoms with Crippen molar-refractivity contribution in [3.63, 3.8) is 0 Å². The Labute approximate surface area is 246 Å². The fourth-order valence-corrected chi connectivity index (χ4v) is 4.55. The van der Waals surface area contributed by atoms with Crippen LogP contribution in [-0.4, -0.2) is 41.4 Å². The summed E-state index contributed by atoms with van der Waals surface area (Å²) < 4.78 is 16.9. The van der Waals surface area contributed by atoms with Gasteiger partial charge in [0.2, 0.25) is 0 Å². The van der Waals surface area contributed by atoms with Gasteiger partial charge in [-0.25, -0.2) is 14.8 Å². The molecular weight excluding hydrogens is 512 g/mol. The van der Waals surface area contributed by atoms with Gasteiger partial charge >= 0.3 is 5.97 Å². The molecule has 3 aromatic rings. The van der Waals surface area contributed by atoms with Gasteiger partial charge in [-0.2, -0.15) is 0 Å². The third-order valence-corrected chi connectivity index (χ3v) is 7.13. The lowest BCUT2D eigenvalue weighted by atomic mass is 10.0. The van der Waals surface area contributed by atoms with Gasteiger partial charge in [0.05, 0.1) is 12.4 Å². The molecule has 0 saturated heterocycles. The van der Waals surface area contributed by atoms with Crippen LogP contribution in [0.25, 0.3) is 22.5 Å². The van der Waals surface area contributed by atoms with Gasteiger partial charge in [0.15, 0.2) is 17.7 Å². The van der Waals surface area contributed by atoms with Gasteiger partial charge in [0.1, 0.15) is 12.7 Å². The van der Waals surface area contributed by atoms with Crippen molar-refractivity contribution in [1.82, 2.24) is 9.97 Å². The van der Waals surface area contributed by atoms with E-state index in [1.165, 1.54) is 61.6 Å². The summed E-state index contributed by atoms with van der Waals surface area (Å²) in [6.45, 7) is 8.77. The first-order valence-corrected chi connectivity index (χ1v) is 15.5. The van der Waals surface area contributed by atoms with Gasteiger partial charge in [-0.3, -0.25) is 0 Å². The lowest BCUT2D eigenvalue weighted by Gasteiger charge is -2.17. The van der Waals surface area contributed by atoms with E-state index < -0.39 is 12.2 Å². The van der Waals surface area contributed by atoms with E-state index in [9.17, 15) is 4.79 Å². The predicted molar refractivity (Wildman–Crippen MR) is 166 cm³/mol. The lowest BCUT2D eigenvalue weighted by molar-refractivity contribution is -0.162. The quantitative estimate of drug-likeness (QED) is 0.108. The van der Waals surface area contributed by atoms with Crippen molar-refractivity contribution in [3.05, 3.63) is 66.5 Å². The first-order chi connectivity index (χ1) is 20.0. The summed E-state index contributed by atoms with van der Waals surface area (Å²) in [5, 5.41) is 0. The number of carbonyl (C=O) groups is 1. The van der Waals surface area contributed by atoms with Gasteiger partial charge in [0.25, 0.3) is 0 Å². The Balaban J connectivity index is 1.40. The average molecular weight is 561 g/mol. The predicted octanol–water partition coefficient (Wildman–Crippen LogP) is 8.62. The summed E-state index contributed by atoms with van der Waals surface area (Å²) in [7, 11) is 0. The number of benzene rings is 2. The molecule has 6 nitrogen and oxygen atoms in total. The zero-order valence-corrected chi connectivity index (χ0v) is 25.4. The SMILES string of the molecule is CCCCCCCCOC(C)C(=O)O[C@@H](C)COc1cnc(-c2ccc(-c3ccc(CCCCC)cc3)cc2)nc1. The molecule has 0 spiro atoms. The zero-order valence-electron chi connectivity index (χ0n) is 25.4. The number of nitrogens with zero attached hydrogens (tertiary/aromatic N) is 2. The summed E-state index contributed by atoms with van der Waals surface area (Å²) in [6.07, 6.45) is 14.3. The molecule has 3 rings (SSSR count). The third kappa shape index (κ3) is 11.6. The summed E-state index contributed by atoms with van der Waals surface area (Å²) >= 11 is 0. The Bertz CT molecular complexity index is 1130. The maximum atomic E-state index is 12.3. The van der Waals surface area contributed by atoms with Crippen molar-refractivity contribution in [2.24, 2.45) is 0 Å². The van der Waals surface area contributed by atoms with E-state index in [0.29, 0.717) is 18.2 Å². The van der Waals surface area contributed by atoms with Crippen LogP contribution >= 0.6 is 0 Å². The molecule has 1 unspecified atom stereocenters. The summed E-state index contributed by atoms with van der Waals surface area (Å²) in [6, 6.07) is 17.1. The zero-order chi connectivity index (χ0) is 29.3. The van der Waals surface area contributed by atoms with Crippen molar-refractivity contribution in [1.29, 1.82) is 0 Å². The van der Waals surface area contributed by atoms with Crippen LogP contribution in [-0.2, 0) is 20.7 Å². The van der Waals surface area contributed by atoms with Crippen LogP contribution in [0.4, 0.5) is 0 Å². The second-order valence-corrected chi connectivity index (χ2v) is 10.8. The monoisotopic (exact) mass is 560 g/mol. The fraction of sp³-hybridized carbons (Fsp3) is 0.514. The Hall–Kier alpha value is -3.25. The normalized spacial score (nSPS) is 12.6. The average Bonchev–Trinajstić information content (AvgIpc) is 3.00. The minimum Gasteiger partial charge on any atom is -0.486 e. The Kier molecular flexibility index (Phi) is 14.4. The van der Waals surface area contributed by atoms with Crippen molar-refractivity contribution in [2.75, 3.05) is 13.2 Å². The molecule has 0 aliphatic heterocycles. The Morgan fingerprint density at radius 3 is 1.95 bits per heavy atom. The van der Waals surface area contributed by atoms with Gasteiger partial charge in [-0.15, -0.1) is 0 Å². The number of ether oxygens (including phenoxy) is 3. The number of hydrogen-bond donors (Lipinski definition) is 0. The highest BCUT2D eigenvalue weighted by molar-refractivity contribution is 5.74. The van der Waals surface area contributed by atoms with Crippen LogP contribution < -0.4 is 4.74 Å². The van der Waals surface area contributed by atoms with Gasteiger partial charge in [-0.05, 0) is 49.8 Å². The molecule has 6 heteroatoms. The maximum absolute atomic E-state index is 12.3. The largest absolute Gasteiger partial charge is 0.486 e. The molecular formula is C35H48N2O4. The van der Waals surface area contributed by atoms with Crippen LogP contribution in [0, 0.1) is 0 Å². The molecule has 0 bridgehead atoms. The molecule has 1 aromatic heterocycles. The molecule has 0 fully saturated rings. The number of carbonyl (C=O) groups excluding carboxylic acids is 1. The molecule has 0 saturated carbocycles. The Morgan fingerprint density at radius 1 is 0.732 bits per heavy atom. The minimum absolute atomic E-state index is 0.213. The summed E-state index contributed by atoms with van der Waals surface area (Å²) in [5.74, 6) is 0.788. The lowest BCUT2D eigenvalue weighted by Crippen LogP contribution is -2.30. The van der Waals surface area contributed by atoms with Crippen LogP contribution in [0.2, 0.25) is 0 Å². The maximum Gasteiger partial charge on any atom is 0.335 e. The van der Waals surface area contributed by atoms with Gasteiger partial charge in [-0.1, -0.05) is 107 Å². The van der Waals surface area contributed by atoms with E-state index in [4.69, 9.17) is 14.2 Å². The van der Waals surface area contributed by atoms with Crippen LogP contribution in [0.3, 0.4) is 0 Å². The van der Waals surface area contributed by atoms with E-state index >= 15 is 0 Å².